The summed E-state index contributed by atoms with van der Waals surface area (Å²) in [5, 5.41) is 16.6. The fraction of sp³-hybridized carbons (Fsp3) is 0.320. The predicted molar refractivity (Wildman–Crippen MR) is 133 cm³/mol. The lowest BCUT2D eigenvalue weighted by molar-refractivity contribution is -0.153. The number of ketones is 1. The molecule has 9 heteroatoms. The van der Waals surface area contributed by atoms with Crippen LogP contribution < -0.4 is 20.4 Å². The normalized spacial score (nSPS) is 11.2. The zero-order valence-electron chi connectivity index (χ0n) is 20.2. The van der Waals surface area contributed by atoms with Gasteiger partial charge in [-0.05, 0) is 63.2 Å². The SMILES string of the molecule is CCC(=O)c1c(O)n(OC(=O)C(C)(C)C)c2cc(NC(=O)Nc3ccc(N(C)C)cc3)ccc12. The molecule has 0 fully saturated rings. The maximum absolute atomic E-state index is 12.5. The lowest BCUT2D eigenvalue weighted by Gasteiger charge is -2.17. The van der Waals surface area contributed by atoms with Gasteiger partial charge in [-0.15, -0.1) is 4.73 Å². The number of rotatable bonds is 6. The summed E-state index contributed by atoms with van der Waals surface area (Å²) in [6.07, 6.45) is 0.162. The lowest BCUT2D eigenvalue weighted by atomic mass is 9.98. The number of nitrogens with zero attached hydrogens (tertiary/aromatic N) is 2. The number of urea groups is 1. The van der Waals surface area contributed by atoms with E-state index in [-0.39, 0.29) is 23.3 Å². The minimum atomic E-state index is -0.837. The molecule has 0 bridgehead atoms. The molecule has 0 aliphatic heterocycles. The molecular weight excluding hydrogens is 436 g/mol. The average Bonchev–Trinajstić information content (AvgIpc) is 3.03. The summed E-state index contributed by atoms with van der Waals surface area (Å²) in [5.74, 6) is -1.35. The third-order valence-electron chi connectivity index (χ3n) is 5.19. The monoisotopic (exact) mass is 466 g/mol. The number of hydrogen-bond donors (Lipinski definition) is 3. The van der Waals surface area contributed by atoms with Crippen LogP contribution in [0.2, 0.25) is 0 Å². The lowest BCUT2D eigenvalue weighted by Crippen LogP contribution is -2.31. The van der Waals surface area contributed by atoms with E-state index in [1.54, 1.807) is 52.0 Å². The standard InChI is InChI=1S/C25H30N4O5/c1-7-20(30)21-18-13-10-16(14-19(18)29(22(21)31)34-23(32)25(2,3)4)27-24(33)26-15-8-11-17(12-9-15)28(5)6/h8-14,31H,7H2,1-6H3,(H2,26,27,33). The number of aromatic nitrogens is 1. The fourth-order valence-corrected chi connectivity index (χ4v) is 3.23. The summed E-state index contributed by atoms with van der Waals surface area (Å²) in [6.45, 7) is 6.72. The molecule has 9 nitrogen and oxygen atoms in total. The zero-order valence-corrected chi connectivity index (χ0v) is 20.2. The first-order valence-electron chi connectivity index (χ1n) is 10.9. The van der Waals surface area contributed by atoms with Gasteiger partial charge in [0.2, 0.25) is 5.88 Å². The molecule has 3 aromatic rings. The maximum atomic E-state index is 12.5. The largest absolute Gasteiger partial charge is 0.492 e. The van der Waals surface area contributed by atoms with Crippen LogP contribution in [0.3, 0.4) is 0 Å². The molecule has 0 spiro atoms. The molecule has 1 heterocycles. The number of carbonyl (C=O) groups is 3. The molecule has 0 atom stereocenters. The van der Waals surface area contributed by atoms with Gasteiger partial charge in [-0.2, -0.15) is 0 Å². The highest BCUT2D eigenvalue weighted by Crippen LogP contribution is 2.34. The highest BCUT2D eigenvalue weighted by atomic mass is 16.7. The number of nitrogens with one attached hydrogen (secondary N) is 2. The van der Waals surface area contributed by atoms with Crippen molar-refractivity contribution < 1.29 is 24.3 Å². The van der Waals surface area contributed by atoms with Gasteiger partial charge in [-0.3, -0.25) is 4.79 Å². The molecule has 180 valence electrons. The van der Waals surface area contributed by atoms with E-state index < -0.39 is 23.3 Å². The second-order valence-corrected chi connectivity index (χ2v) is 9.15. The van der Waals surface area contributed by atoms with Crippen molar-refractivity contribution in [1.82, 2.24) is 4.73 Å². The van der Waals surface area contributed by atoms with Crippen LogP contribution in [-0.2, 0) is 4.79 Å². The van der Waals surface area contributed by atoms with Crippen LogP contribution in [0.5, 0.6) is 5.88 Å². The van der Waals surface area contributed by atoms with Crippen LogP contribution in [0, 0.1) is 5.41 Å². The minimum Gasteiger partial charge on any atom is -0.492 e. The Bertz CT molecular complexity index is 1240. The highest BCUT2D eigenvalue weighted by Gasteiger charge is 2.29. The van der Waals surface area contributed by atoms with Crippen molar-refractivity contribution in [3.8, 4) is 5.88 Å². The Morgan fingerprint density at radius 2 is 1.59 bits per heavy atom. The van der Waals surface area contributed by atoms with E-state index >= 15 is 0 Å². The van der Waals surface area contributed by atoms with E-state index in [0.29, 0.717) is 16.8 Å². The molecular formula is C25H30N4O5. The minimum absolute atomic E-state index is 0.0659. The van der Waals surface area contributed by atoms with Crippen molar-refractivity contribution in [3.05, 3.63) is 48.0 Å². The van der Waals surface area contributed by atoms with Crippen molar-refractivity contribution in [2.45, 2.75) is 34.1 Å². The molecule has 1 aromatic heterocycles. The molecule has 0 saturated heterocycles. The van der Waals surface area contributed by atoms with Gasteiger partial charge < -0.3 is 25.5 Å². The average molecular weight is 467 g/mol. The van der Waals surface area contributed by atoms with Crippen LogP contribution in [0.4, 0.5) is 21.9 Å². The van der Waals surface area contributed by atoms with Gasteiger partial charge >= 0.3 is 12.0 Å². The number of Topliss-reactive ketones (excluding diaryl/α,β-unsaturated/α-hetero) is 1. The van der Waals surface area contributed by atoms with Gasteiger partial charge in [-0.1, -0.05) is 6.92 Å². The van der Waals surface area contributed by atoms with E-state index in [4.69, 9.17) is 4.84 Å². The fourth-order valence-electron chi connectivity index (χ4n) is 3.23. The van der Waals surface area contributed by atoms with E-state index in [1.165, 1.54) is 6.07 Å². The van der Waals surface area contributed by atoms with Crippen LogP contribution in [0.1, 0.15) is 44.5 Å². The molecule has 2 amide bonds. The summed E-state index contributed by atoms with van der Waals surface area (Å²) in [5.41, 5.74) is 1.50. The second kappa shape index (κ2) is 9.46. The number of fused-ring (bicyclic) bond motifs is 1. The van der Waals surface area contributed by atoms with Crippen molar-refractivity contribution >= 4 is 45.7 Å². The Balaban J connectivity index is 1.92. The summed E-state index contributed by atoms with van der Waals surface area (Å²) in [7, 11) is 3.86. The summed E-state index contributed by atoms with van der Waals surface area (Å²) >= 11 is 0. The molecule has 0 aliphatic rings. The molecule has 3 rings (SSSR count). The van der Waals surface area contributed by atoms with Gasteiger partial charge in [0.05, 0.1) is 16.5 Å². The molecule has 3 N–H and O–H groups in total. The Labute approximate surface area is 198 Å². The molecule has 0 aliphatic carbocycles. The third-order valence-corrected chi connectivity index (χ3v) is 5.19. The van der Waals surface area contributed by atoms with Crippen molar-refractivity contribution in [3.63, 3.8) is 0 Å². The molecule has 2 aromatic carbocycles. The van der Waals surface area contributed by atoms with Crippen LogP contribution in [-0.4, -0.2) is 41.7 Å². The van der Waals surface area contributed by atoms with Gasteiger partial charge in [-0.25, -0.2) is 9.59 Å². The van der Waals surface area contributed by atoms with Gasteiger partial charge in [0, 0.05) is 43.0 Å². The molecule has 0 unspecified atom stereocenters. The summed E-state index contributed by atoms with van der Waals surface area (Å²) < 4.78 is 0.939. The van der Waals surface area contributed by atoms with Gasteiger partial charge in [0.25, 0.3) is 0 Å². The molecule has 0 radical (unpaired) electrons. The first-order valence-corrected chi connectivity index (χ1v) is 10.9. The van der Waals surface area contributed by atoms with Crippen LogP contribution in [0.25, 0.3) is 10.9 Å². The Morgan fingerprint density at radius 3 is 2.15 bits per heavy atom. The quantitative estimate of drug-likeness (QED) is 0.456. The number of carbonyl (C=O) groups excluding carboxylic acids is 3. The third kappa shape index (κ3) is 5.14. The Hall–Kier alpha value is -4.01. The number of hydrogen-bond acceptors (Lipinski definition) is 6. The smallest absolute Gasteiger partial charge is 0.338 e. The summed E-state index contributed by atoms with van der Waals surface area (Å²) in [4.78, 5) is 44.9. The number of benzene rings is 2. The van der Waals surface area contributed by atoms with E-state index in [9.17, 15) is 19.5 Å². The van der Waals surface area contributed by atoms with Crippen molar-refractivity contribution in [2.24, 2.45) is 5.41 Å². The number of anilines is 3. The zero-order chi connectivity index (χ0) is 25.2. The summed E-state index contributed by atoms with van der Waals surface area (Å²) in [6, 6.07) is 11.6. The first kappa shape index (κ1) is 24.6. The topological polar surface area (TPSA) is 113 Å². The highest BCUT2D eigenvalue weighted by molar-refractivity contribution is 6.11. The number of aromatic hydroxyl groups is 1. The second-order valence-electron chi connectivity index (χ2n) is 9.15. The first-order chi connectivity index (χ1) is 15.9. The van der Waals surface area contributed by atoms with E-state index in [2.05, 4.69) is 10.6 Å². The predicted octanol–water partition coefficient (Wildman–Crippen LogP) is 4.65. The van der Waals surface area contributed by atoms with Gasteiger partial charge in [0.1, 0.15) is 0 Å². The van der Waals surface area contributed by atoms with Crippen molar-refractivity contribution in [2.75, 3.05) is 29.6 Å². The van der Waals surface area contributed by atoms with E-state index in [0.717, 1.165) is 10.4 Å². The van der Waals surface area contributed by atoms with Crippen LogP contribution >= 0.6 is 0 Å². The Morgan fingerprint density at radius 1 is 1.00 bits per heavy atom. The van der Waals surface area contributed by atoms with Crippen LogP contribution in [0.15, 0.2) is 42.5 Å². The van der Waals surface area contributed by atoms with Gasteiger partial charge in [0.15, 0.2) is 5.78 Å². The molecule has 34 heavy (non-hydrogen) atoms. The Kier molecular flexibility index (Phi) is 6.85. The van der Waals surface area contributed by atoms with E-state index in [1.807, 2.05) is 31.1 Å². The maximum Gasteiger partial charge on any atom is 0.338 e. The molecule has 0 saturated carbocycles. The number of amides is 2. The van der Waals surface area contributed by atoms with Crippen molar-refractivity contribution in [1.29, 1.82) is 0 Å².